The van der Waals surface area contributed by atoms with E-state index in [2.05, 4.69) is 39.2 Å². The molecule has 1 spiro atoms. The molecule has 1 nitrogen and oxygen atoms in total. The normalized spacial score (nSPS) is 35.0. The molecule has 92 valence electrons. The average Bonchev–Trinajstić information content (AvgIpc) is 2.13. The molecule has 2 aliphatic rings. The zero-order valence-corrected chi connectivity index (χ0v) is 11.5. The van der Waals surface area contributed by atoms with Gasteiger partial charge in [-0.15, -0.1) is 0 Å². The molecule has 0 aromatic heterocycles. The molecule has 2 rings (SSSR count). The van der Waals surface area contributed by atoms with Crippen molar-refractivity contribution in [2.75, 3.05) is 13.1 Å². The zero-order chi connectivity index (χ0) is 12.0. The lowest BCUT2D eigenvalue weighted by Crippen LogP contribution is -2.55. The predicted octanol–water partition coefficient (Wildman–Crippen LogP) is 4.06. The predicted molar refractivity (Wildman–Crippen MR) is 70.2 cm³/mol. The summed E-state index contributed by atoms with van der Waals surface area (Å²) in [5.74, 6) is 0.919. The standard InChI is InChI=1S/C15H27N/c1-12(2)16-10-6-8-15(11-16)9-7-13(15)14(3,4)5/h13H,1,6-11H2,2-5H3. The molecule has 0 amide bonds. The van der Waals surface area contributed by atoms with Crippen LogP contribution in [0.1, 0.15) is 53.4 Å². The summed E-state index contributed by atoms with van der Waals surface area (Å²) in [5, 5.41) is 0. The first-order valence-electron chi connectivity index (χ1n) is 6.76. The van der Waals surface area contributed by atoms with Crippen LogP contribution in [0.3, 0.4) is 0 Å². The lowest BCUT2D eigenvalue weighted by Gasteiger charge is -2.59. The Kier molecular flexibility index (Phi) is 2.84. The second-order valence-corrected chi connectivity index (χ2v) is 7.08. The minimum absolute atomic E-state index is 0.482. The highest BCUT2D eigenvalue weighted by atomic mass is 15.1. The molecule has 2 unspecified atom stereocenters. The first-order valence-corrected chi connectivity index (χ1v) is 6.76. The van der Waals surface area contributed by atoms with Crippen molar-refractivity contribution in [3.05, 3.63) is 12.3 Å². The molecule has 1 aliphatic carbocycles. The van der Waals surface area contributed by atoms with Gasteiger partial charge in [-0.2, -0.15) is 0 Å². The third kappa shape index (κ3) is 1.89. The van der Waals surface area contributed by atoms with Gasteiger partial charge in [-0.1, -0.05) is 27.4 Å². The van der Waals surface area contributed by atoms with Gasteiger partial charge in [-0.3, -0.25) is 0 Å². The van der Waals surface area contributed by atoms with E-state index in [9.17, 15) is 0 Å². The van der Waals surface area contributed by atoms with Crippen LogP contribution in [0.4, 0.5) is 0 Å². The van der Waals surface area contributed by atoms with Gasteiger partial charge in [0.25, 0.3) is 0 Å². The maximum Gasteiger partial charge on any atom is 0.0234 e. The fraction of sp³-hybridized carbons (Fsp3) is 0.867. The third-order valence-electron chi connectivity index (χ3n) is 4.86. The number of hydrogen-bond acceptors (Lipinski definition) is 1. The SMILES string of the molecule is C=C(C)N1CCCC2(CCC2C(C)(C)C)C1. The number of allylic oxidation sites excluding steroid dienone is 1. The minimum atomic E-state index is 0.482. The van der Waals surface area contributed by atoms with Crippen molar-refractivity contribution in [2.24, 2.45) is 16.7 Å². The van der Waals surface area contributed by atoms with Crippen LogP contribution in [0.2, 0.25) is 0 Å². The van der Waals surface area contributed by atoms with E-state index in [1.54, 1.807) is 0 Å². The van der Waals surface area contributed by atoms with E-state index >= 15 is 0 Å². The molecule has 0 aromatic rings. The van der Waals surface area contributed by atoms with Gasteiger partial charge in [-0.25, -0.2) is 0 Å². The quantitative estimate of drug-likeness (QED) is 0.645. The Bertz CT molecular complexity index is 286. The number of piperidine rings is 1. The summed E-state index contributed by atoms with van der Waals surface area (Å²) in [6.45, 7) is 16.0. The summed E-state index contributed by atoms with van der Waals surface area (Å²) in [7, 11) is 0. The largest absolute Gasteiger partial charge is 0.375 e. The minimum Gasteiger partial charge on any atom is -0.375 e. The summed E-state index contributed by atoms with van der Waals surface area (Å²) >= 11 is 0. The molecule has 16 heavy (non-hydrogen) atoms. The maximum absolute atomic E-state index is 4.12. The van der Waals surface area contributed by atoms with Crippen LogP contribution in [-0.2, 0) is 0 Å². The Hall–Kier alpha value is -0.460. The van der Waals surface area contributed by atoms with Crippen molar-refractivity contribution in [1.82, 2.24) is 4.90 Å². The van der Waals surface area contributed by atoms with Gasteiger partial charge < -0.3 is 4.90 Å². The monoisotopic (exact) mass is 221 g/mol. The lowest BCUT2D eigenvalue weighted by atomic mass is 9.49. The maximum atomic E-state index is 4.12. The molecule has 2 fully saturated rings. The number of rotatable bonds is 1. The van der Waals surface area contributed by atoms with Gasteiger partial charge in [0.1, 0.15) is 0 Å². The molecule has 2 atom stereocenters. The summed E-state index contributed by atoms with van der Waals surface area (Å²) in [6, 6.07) is 0. The fourth-order valence-electron chi connectivity index (χ4n) is 4.02. The molecule has 0 bridgehead atoms. The van der Waals surface area contributed by atoms with Crippen LogP contribution < -0.4 is 0 Å². The van der Waals surface area contributed by atoms with Crippen LogP contribution >= 0.6 is 0 Å². The molecule has 1 saturated carbocycles. The number of likely N-dealkylation sites (tertiary alicyclic amines) is 1. The van der Waals surface area contributed by atoms with Gasteiger partial charge in [0, 0.05) is 18.8 Å². The van der Waals surface area contributed by atoms with Crippen molar-refractivity contribution in [3.63, 3.8) is 0 Å². The summed E-state index contributed by atoms with van der Waals surface area (Å²) in [4.78, 5) is 2.52. The second-order valence-electron chi connectivity index (χ2n) is 7.08. The summed E-state index contributed by atoms with van der Waals surface area (Å²) < 4.78 is 0. The van der Waals surface area contributed by atoms with Crippen molar-refractivity contribution >= 4 is 0 Å². The highest BCUT2D eigenvalue weighted by molar-refractivity contribution is 5.06. The summed E-state index contributed by atoms with van der Waals surface area (Å²) in [5.41, 5.74) is 2.37. The first kappa shape index (κ1) is 12.0. The Morgan fingerprint density at radius 2 is 2.00 bits per heavy atom. The topological polar surface area (TPSA) is 3.24 Å². The van der Waals surface area contributed by atoms with Gasteiger partial charge >= 0.3 is 0 Å². The first-order chi connectivity index (χ1) is 7.35. The van der Waals surface area contributed by atoms with Gasteiger partial charge in [0.15, 0.2) is 0 Å². The summed E-state index contributed by atoms with van der Waals surface area (Å²) in [6.07, 6.45) is 5.68. The van der Waals surface area contributed by atoms with Crippen LogP contribution in [0, 0.1) is 16.7 Å². The van der Waals surface area contributed by atoms with Crippen LogP contribution in [0.25, 0.3) is 0 Å². The molecular weight excluding hydrogens is 194 g/mol. The Labute approximate surface area is 101 Å². The second kappa shape index (κ2) is 3.78. The van der Waals surface area contributed by atoms with Crippen LogP contribution in [-0.4, -0.2) is 18.0 Å². The van der Waals surface area contributed by atoms with Crippen LogP contribution in [0.5, 0.6) is 0 Å². The Morgan fingerprint density at radius 1 is 1.31 bits per heavy atom. The third-order valence-corrected chi connectivity index (χ3v) is 4.86. The van der Waals surface area contributed by atoms with E-state index in [1.165, 1.54) is 44.5 Å². The fourth-order valence-corrected chi connectivity index (χ4v) is 4.02. The van der Waals surface area contributed by atoms with E-state index < -0.39 is 0 Å². The van der Waals surface area contributed by atoms with Crippen molar-refractivity contribution in [3.8, 4) is 0 Å². The van der Waals surface area contributed by atoms with E-state index in [0.717, 1.165) is 5.92 Å². The van der Waals surface area contributed by atoms with Gasteiger partial charge in [-0.05, 0) is 49.4 Å². The highest BCUT2D eigenvalue weighted by Crippen LogP contribution is 2.59. The smallest absolute Gasteiger partial charge is 0.0234 e. The number of hydrogen-bond donors (Lipinski definition) is 0. The zero-order valence-electron chi connectivity index (χ0n) is 11.5. The molecule has 1 aliphatic heterocycles. The molecule has 1 heterocycles. The van der Waals surface area contributed by atoms with Gasteiger partial charge in [0.05, 0.1) is 0 Å². The van der Waals surface area contributed by atoms with Crippen molar-refractivity contribution in [1.29, 1.82) is 0 Å². The molecule has 1 saturated heterocycles. The van der Waals surface area contributed by atoms with Gasteiger partial charge in [0.2, 0.25) is 0 Å². The van der Waals surface area contributed by atoms with E-state index in [0.29, 0.717) is 10.8 Å². The Morgan fingerprint density at radius 3 is 2.44 bits per heavy atom. The lowest BCUT2D eigenvalue weighted by molar-refractivity contribution is -0.0872. The van der Waals surface area contributed by atoms with Crippen molar-refractivity contribution < 1.29 is 0 Å². The molecule has 0 N–H and O–H groups in total. The van der Waals surface area contributed by atoms with Crippen molar-refractivity contribution in [2.45, 2.75) is 53.4 Å². The molecule has 1 heteroatoms. The molecule has 0 radical (unpaired) electrons. The number of nitrogens with zero attached hydrogens (tertiary/aromatic N) is 1. The Balaban J connectivity index is 2.11. The average molecular weight is 221 g/mol. The highest BCUT2D eigenvalue weighted by Gasteiger charge is 2.52. The van der Waals surface area contributed by atoms with E-state index in [-0.39, 0.29) is 0 Å². The van der Waals surface area contributed by atoms with E-state index in [4.69, 9.17) is 0 Å². The molecular formula is C15H27N. The molecule has 0 aromatic carbocycles. The van der Waals surface area contributed by atoms with Crippen LogP contribution in [0.15, 0.2) is 12.3 Å². The van der Waals surface area contributed by atoms with E-state index in [1.807, 2.05) is 0 Å².